The molecule has 1 aromatic heterocycles. The summed E-state index contributed by atoms with van der Waals surface area (Å²) in [6.07, 6.45) is 1.71. The van der Waals surface area contributed by atoms with Crippen molar-refractivity contribution >= 4 is 58.2 Å². The summed E-state index contributed by atoms with van der Waals surface area (Å²) in [6, 6.07) is 11.4. The molecule has 2 aromatic carbocycles. The first kappa shape index (κ1) is 24.7. The number of rotatable bonds is 6. The Bertz CT molecular complexity index is 1480. The zero-order valence-corrected chi connectivity index (χ0v) is 21.3. The Labute approximate surface area is 214 Å². The zero-order valence-electron chi connectivity index (χ0n) is 18.2. The van der Waals surface area contributed by atoms with Gasteiger partial charge in [0.1, 0.15) is 12.6 Å². The normalized spacial score (nSPS) is 15.8. The van der Waals surface area contributed by atoms with Crippen LogP contribution in [0.1, 0.15) is 24.1 Å². The second-order valence-corrected chi connectivity index (χ2v) is 9.64. The van der Waals surface area contributed by atoms with Gasteiger partial charge in [0.2, 0.25) is 0 Å². The summed E-state index contributed by atoms with van der Waals surface area (Å²) in [5.41, 5.74) is 1.70. The predicted octanol–water partition coefficient (Wildman–Crippen LogP) is 4.39. The first-order valence-electron chi connectivity index (χ1n) is 10.2. The van der Waals surface area contributed by atoms with Crippen LogP contribution in [0.2, 0.25) is 15.1 Å². The van der Waals surface area contributed by atoms with Crippen LogP contribution < -0.4 is 14.9 Å². The number of carbonyl (C=O) groups excluding carboxylic acids is 1. The summed E-state index contributed by atoms with van der Waals surface area (Å²) in [5, 5.41) is 1.23. The molecule has 0 fully saturated rings. The lowest BCUT2D eigenvalue weighted by molar-refractivity contribution is -0.140. The summed E-state index contributed by atoms with van der Waals surface area (Å²) in [5.74, 6) is -0.581. The lowest BCUT2D eigenvalue weighted by Gasteiger charge is -2.25. The highest BCUT2D eigenvalue weighted by Crippen LogP contribution is 2.34. The molecule has 6 nitrogen and oxygen atoms in total. The molecule has 0 saturated carbocycles. The van der Waals surface area contributed by atoms with Gasteiger partial charge in [-0.05, 0) is 42.3 Å². The van der Waals surface area contributed by atoms with Crippen molar-refractivity contribution in [3.05, 3.63) is 99.6 Å². The van der Waals surface area contributed by atoms with Gasteiger partial charge in [0, 0.05) is 12.1 Å². The van der Waals surface area contributed by atoms with E-state index in [4.69, 9.17) is 44.3 Å². The van der Waals surface area contributed by atoms with Gasteiger partial charge in [0.25, 0.3) is 5.56 Å². The Morgan fingerprint density at radius 2 is 1.88 bits per heavy atom. The van der Waals surface area contributed by atoms with E-state index in [0.29, 0.717) is 41.2 Å². The van der Waals surface area contributed by atoms with Gasteiger partial charge in [-0.25, -0.2) is 9.79 Å². The first-order valence-corrected chi connectivity index (χ1v) is 12.1. The van der Waals surface area contributed by atoms with Crippen LogP contribution in [-0.2, 0) is 14.3 Å². The van der Waals surface area contributed by atoms with Crippen molar-refractivity contribution in [2.24, 2.45) is 4.99 Å². The molecule has 1 aliphatic heterocycles. The SMILES string of the molecule is COCCOC(=O)C1=C(C)N=c2s/c(=C\c3ccc(Cl)c(Cl)c3)c(=O)n2[C@@H]1c1ccccc1Cl. The second-order valence-electron chi connectivity index (χ2n) is 7.41. The molecule has 10 heteroatoms. The third-order valence-electron chi connectivity index (χ3n) is 5.20. The highest BCUT2D eigenvalue weighted by atomic mass is 35.5. The highest BCUT2D eigenvalue weighted by molar-refractivity contribution is 7.07. The van der Waals surface area contributed by atoms with Crippen LogP contribution in [0.3, 0.4) is 0 Å². The van der Waals surface area contributed by atoms with Gasteiger partial charge >= 0.3 is 5.97 Å². The average Bonchev–Trinajstić information content (AvgIpc) is 3.10. The van der Waals surface area contributed by atoms with Crippen LogP contribution in [0.15, 0.2) is 63.5 Å². The number of nitrogens with zero attached hydrogens (tertiary/aromatic N) is 2. The molecule has 1 atom stereocenters. The maximum atomic E-state index is 13.6. The number of hydrogen-bond acceptors (Lipinski definition) is 6. The minimum Gasteiger partial charge on any atom is -0.460 e. The lowest BCUT2D eigenvalue weighted by atomic mass is 9.96. The fourth-order valence-electron chi connectivity index (χ4n) is 3.62. The quantitative estimate of drug-likeness (QED) is 0.346. The largest absolute Gasteiger partial charge is 0.460 e. The number of hydrogen-bond donors (Lipinski definition) is 0. The lowest BCUT2D eigenvalue weighted by Crippen LogP contribution is -2.40. The van der Waals surface area contributed by atoms with Gasteiger partial charge in [-0.2, -0.15) is 0 Å². The number of thiazole rings is 1. The molecule has 3 aromatic rings. The van der Waals surface area contributed by atoms with Crippen LogP contribution >= 0.6 is 46.1 Å². The molecule has 4 rings (SSSR count). The molecule has 0 spiro atoms. The van der Waals surface area contributed by atoms with Crippen molar-refractivity contribution < 1.29 is 14.3 Å². The molecular weight excluding hydrogens is 519 g/mol. The van der Waals surface area contributed by atoms with Crippen LogP contribution in [0.25, 0.3) is 6.08 Å². The topological polar surface area (TPSA) is 69.9 Å². The Balaban J connectivity index is 1.91. The number of esters is 1. The Morgan fingerprint density at radius 1 is 1.12 bits per heavy atom. The summed E-state index contributed by atoms with van der Waals surface area (Å²) < 4.78 is 12.3. The van der Waals surface area contributed by atoms with E-state index in [-0.39, 0.29) is 24.3 Å². The van der Waals surface area contributed by atoms with Crippen molar-refractivity contribution in [1.29, 1.82) is 0 Å². The van der Waals surface area contributed by atoms with E-state index in [1.807, 2.05) is 0 Å². The van der Waals surface area contributed by atoms with E-state index in [1.165, 1.54) is 23.0 Å². The number of halogens is 3. The predicted molar refractivity (Wildman–Crippen MR) is 135 cm³/mol. The molecule has 0 unspecified atom stereocenters. The van der Waals surface area contributed by atoms with Crippen molar-refractivity contribution in [3.8, 4) is 0 Å². The number of ether oxygens (including phenoxy) is 2. The van der Waals surface area contributed by atoms with Crippen molar-refractivity contribution in [2.75, 3.05) is 20.3 Å². The molecule has 2 heterocycles. The van der Waals surface area contributed by atoms with E-state index in [9.17, 15) is 9.59 Å². The fraction of sp³-hybridized carbons (Fsp3) is 0.208. The zero-order chi connectivity index (χ0) is 24.4. The minimum absolute atomic E-state index is 0.0725. The summed E-state index contributed by atoms with van der Waals surface area (Å²) in [6.45, 7) is 2.04. The third kappa shape index (κ3) is 4.85. The maximum Gasteiger partial charge on any atom is 0.338 e. The summed E-state index contributed by atoms with van der Waals surface area (Å²) >= 11 is 19.9. The molecule has 34 heavy (non-hydrogen) atoms. The smallest absolute Gasteiger partial charge is 0.338 e. The molecule has 176 valence electrons. The molecule has 0 radical (unpaired) electrons. The molecule has 0 saturated heterocycles. The molecule has 1 aliphatic rings. The second kappa shape index (κ2) is 10.5. The molecule has 0 amide bonds. The van der Waals surface area contributed by atoms with Crippen molar-refractivity contribution in [2.45, 2.75) is 13.0 Å². The monoisotopic (exact) mass is 536 g/mol. The number of allylic oxidation sites excluding steroid dienone is 1. The van der Waals surface area contributed by atoms with Gasteiger partial charge in [0.05, 0.1) is 32.5 Å². The number of fused-ring (bicyclic) bond motifs is 1. The van der Waals surface area contributed by atoms with E-state index < -0.39 is 12.0 Å². The number of aromatic nitrogens is 1. The maximum absolute atomic E-state index is 13.6. The van der Waals surface area contributed by atoms with Gasteiger partial charge in [-0.15, -0.1) is 0 Å². The highest BCUT2D eigenvalue weighted by Gasteiger charge is 2.34. The van der Waals surface area contributed by atoms with Crippen LogP contribution in [0, 0.1) is 0 Å². The standard InChI is InChI=1S/C24H19Cl3N2O4S/c1-13-20(23(31)33-10-9-32-2)21(15-5-3-4-6-16(15)25)29-22(30)19(34-24(29)28-13)12-14-7-8-17(26)18(27)11-14/h3-8,11-12,21H,9-10H2,1-2H3/b19-12-/t21-/m1/s1. The van der Waals surface area contributed by atoms with Gasteiger partial charge in [0.15, 0.2) is 4.80 Å². The number of methoxy groups -OCH3 is 1. The van der Waals surface area contributed by atoms with E-state index in [2.05, 4.69) is 4.99 Å². The van der Waals surface area contributed by atoms with Crippen LogP contribution in [0.5, 0.6) is 0 Å². The third-order valence-corrected chi connectivity index (χ3v) is 7.27. The van der Waals surface area contributed by atoms with E-state index in [0.717, 1.165) is 0 Å². The number of benzene rings is 2. The number of carbonyl (C=O) groups is 1. The Morgan fingerprint density at radius 3 is 2.59 bits per heavy atom. The fourth-order valence-corrected chi connectivity index (χ4v) is 5.21. The average molecular weight is 538 g/mol. The molecule has 0 N–H and O–H groups in total. The molecular formula is C24H19Cl3N2O4S. The van der Waals surface area contributed by atoms with E-state index in [1.54, 1.807) is 55.5 Å². The van der Waals surface area contributed by atoms with Gasteiger partial charge < -0.3 is 9.47 Å². The van der Waals surface area contributed by atoms with Gasteiger partial charge in [-0.3, -0.25) is 9.36 Å². The Kier molecular flexibility index (Phi) is 7.60. The van der Waals surface area contributed by atoms with Gasteiger partial charge in [-0.1, -0.05) is 70.4 Å². The van der Waals surface area contributed by atoms with Crippen LogP contribution in [0.4, 0.5) is 0 Å². The van der Waals surface area contributed by atoms with Crippen molar-refractivity contribution in [3.63, 3.8) is 0 Å². The summed E-state index contributed by atoms with van der Waals surface area (Å²) in [4.78, 5) is 31.7. The van der Waals surface area contributed by atoms with Crippen molar-refractivity contribution in [1.82, 2.24) is 4.57 Å². The molecule has 0 aliphatic carbocycles. The van der Waals surface area contributed by atoms with E-state index >= 15 is 0 Å². The Hall–Kier alpha value is -2.42. The summed E-state index contributed by atoms with van der Waals surface area (Å²) in [7, 11) is 1.52. The first-order chi connectivity index (χ1) is 16.3. The molecule has 0 bridgehead atoms. The minimum atomic E-state index is -0.795. The van der Waals surface area contributed by atoms with Crippen LogP contribution in [-0.4, -0.2) is 30.9 Å².